The van der Waals surface area contributed by atoms with Crippen molar-refractivity contribution in [2.24, 2.45) is 0 Å². The van der Waals surface area contributed by atoms with Crippen LogP contribution in [0.3, 0.4) is 0 Å². The predicted molar refractivity (Wildman–Crippen MR) is 81.4 cm³/mol. The summed E-state index contributed by atoms with van der Waals surface area (Å²) in [5.74, 6) is 1.04. The number of benzene rings is 1. The molecule has 1 aromatic carbocycles. The van der Waals surface area contributed by atoms with Gasteiger partial charge < -0.3 is 24.2 Å². The van der Waals surface area contributed by atoms with Crippen LogP contribution in [0, 0.1) is 0 Å². The molecule has 0 atom stereocenters. The first-order valence-corrected chi connectivity index (χ1v) is 8.78. The van der Waals surface area contributed by atoms with Crippen LogP contribution in [0.2, 0.25) is 0 Å². The monoisotopic (exact) mass is 344 g/mol. The van der Waals surface area contributed by atoms with E-state index >= 15 is 0 Å². The molecule has 2 N–H and O–H groups in total. The number of fused-ring (bicyclic) bond motifs is 2. The van der Waals surface area contributed by atoms with Gasteiger partial charge in [0.15, 0.2) is 11.5 Å². The zero-order chi connectivity index (χ0) is 16.6. The summed E-state index contributed by atoms with van der Waals surface area (Å²) >= 11 is 0. The summed E-state index contributed by atoms with van der Waals surface area (Å²) in [6, 6.07) is 0. The van der Waals surface area contributed by atoms with E-state index in [2.05, 4.69) is 9.62 Å². The van der Waals surface area contributed by atoms with Gasteiger partial charge in [0.2, 0.25) is 22.6 Å². The van der Waals surface area contributed by atoms with Crippen molar-refractivity contribution in [1.82, 2.24) is 9.62 Å². The summed E-state index contributed by atoms with van der Waals surface area (Å²) in [5, 5.41) is 8.92. The number of aliphatic hydroxyl groups is 1. The Kier molecular flexibility index (Phi) is 4.37. The number of nitrogens with zero attached hydrogens (tertiary/aromatic N) is 1. The lowest BCUT2D eigenvalue weighted by molar-refractivity contribution is 0.169. The maximum absolute atomic E-state index is 12.7. The lowest BCUT2D eigenvalue weighted by Gasteiger charge is -2.29. The molecule has 0 amide bonds. The number of ether oxygens (including phenoxy) is 3. The highest BCUT2D eigenvalue weighted by atomic mass is 32.2. The molecule has 0 saturated carbocycles. The van der Waals surface area contributed by atoms with Crippen molar-refractivity contribution >= 4 is 10.0 Å². The van der Waals surface area contributed by atoms with Crippen LogP contribution >= 0.6 is 0 Å². The Balaban J connectivity index is 2.24. The van der Waals surface area contributed by atoms with E-state index in [-0.39, 0.29) is 30.6 Å². The molecule has 2 aliphatic rings. The Labute approximate surface area is 135 Å². The van der Waals surface area contributed by atoms with E-state index in [9.17, 15) is 8.42 Å². The fourth-order valence-electron chi connectivity index (χ4n) is 3.00. The van der Waals surface area contributed by atoms with Crippen LogP contribution in [0.4, 0.5) is 0 Å². The number of likely N-dealkylation sites (N-methyl/N-ethyl adjacent to an activating group) is 1. The molecule has 9 heteroatoms. The van der Waals surface area contributed by atoms with Crippen molar-refractivity contribution in [2.45, 2.75) is 17.9 Å². The molecule has 128 valence electrons. The molecular weight excluding hydrogens is 324 g/mol. The van der Waals surface area contributed by atoms with Gasteiger partial charge in [-0.05, 0) is 19.0 Å². The second-order valence-electron chi connectivity index (χ2n) is 5.49. The van der Waals surface area contributed by atoms with E-state index in [1.165, 1.54) is 7.11 Å². The van der Waals surface area contributed by atoms with Gasteiger partial charge >= 0.3 is 0 Å². The number of nitrogens with one attached hydrogen (secondary N) is 1. The molecule has 8 nitrogen and oxygen atoms in total. The Bertz CT molecular complexity index is 719. The number of sulfonamides is 1. The van der Waals surface area contributed by atoms with Crippen LogP contribution in [-0.4, -0.2) is 59.1 Å². The fraction of sp³-hybridized carbons (Fsp3) is 0.571. The normalized spacial score (nSPS) is 17.2. The molecule has 0 aromatic heterocycles. The summed E-state index contributed by atoms with van der Waals surface area (Å²) in [6.07, 6.45) is 0.564. The molecule has 3 rings (SSSR count). The standard InChI is InChI=1S/C14H20N2O6S/c1-16-5-3-9-10(7-16)11(20-2)12-13(22-8-21-12)14(9)23(18,19)15-4-6-17/h15,17H,3-8H2,1-2H3. The topological polar surface area (TPSA) is 97.3 Å². The zero-order valence-electron chi connectivity index (χ0n) is 13.1. The molecule has 2 aliphatic heterocycles. The fourth-order valence-corrected chi connectivity index (χ4v) is 4.45. The summed E-state index contributed by atoms with van der Waals surface area (Å²) in [4.78, 5) is 2.19. The average Bonchev–Trinajstić information content (AvgIpc) is 2.98. The Hall–Kier alpha value is -1.55. The molecule has 0 spiro atoms. The van der Waals surface area contributed by atoms with Gasteiger partial charge in [-0.3, -0.25) is 0 Å². The second kappa shape index (κ2) is 6.16. The molecule has 0 fully saturated rings. The van der Waals surface area contributed by atoms with Gasteiger partial charge in [0, 0.05) is 25.2 Å². The molecule has 0 aliphatic carbocycles. The van der Waals surface area contributed by atoms with E-state index in [1.54, 1.807) is 0 Å². The van der Waals surface area contributed by atoms with Crippen molar-refractivity contribution in [2.75, 3.05) is 40.6 Å². The number of rotatable bonds is 5. The molecule has 23 heavy (non-hydrogen) atoms. The molecule has 1 aromatic rings. The van der Waals surface area contributed by atoms with Crippen LogP contribution in [0.1, 0.15) is 11.1 Å². The minimum atomic E-state index is -3.82. The van der Waals surface area contributed by atoms with E-state index in [4.69, 9.17) is 19.3 Å². The van der Waals surface area contributed by atoms with Crippen LogP contribution in [0.5, 0.6) is 17.2 Å². The van der Waals surface area contributed by atoms with Crippen molar-refractivity contribution < 1.29 is 27.7 Å². The van der Waals surface area contributed by atoms with Gasteiger partial charge in [0.05, 0.1) is 13.7 Å². The third-order valence-corrected chi connectivity index (χ3v) is 5.54. The first-order valence-electron chi connectivity index (χ1n) is 7.30. The molecule has 0 bridgehead atoms. The van der Waals surface area contributed by atoms with E-state index in [1.807, 2.05) is 7.05 Å². The van der Waals surface area contributed by atoms with Gasteiger partial charge in [-0.2, -0.15) is 0 Å². The van der Waals surface area contributed by atoms with Crippen LogP contribution in [0.25, 0.3) is 0 Å². The second-order valence-corrected chi connectivity index (χ2v) is 7.20. The summed E-state index contributed by atoms with van der Waals surface area (Å²) in [7, 11) is -0.325. The summed E-state index contributed by atoms with van der Waals surface area (Å²) < 4.78 is 44.1. The highest BCUT2D eigenvalue weighted by Crippen LogP contribution is 2.51. The number of hydrogen-bond acceptors (Lipinski definition) is 7. The first kappa shape index (κ1) is 16.3. The van der Waals surface area contributed by atoms with Crippen LogP contribution in [0.15, 0.2) is 4.90 Å². The van der Waals surface area contributed by atoms with Gasteiger partial charge in [0.1, 0.15) is 4.90 Å². The van der Waals surface area contributed by atoms with Crippen molar-refractivity contribution in [3.05, 3.63) is 11.1 Å². The van der Waals surface area contributed by atoms with Gasteiger partial charge in [0.25, 0.3) is 0 Å². The van der Waals surface area contributed by atoms with Gasteiger partial charge in [-0.1, -0.05) is 0 Å². The third kappa shape index (κ3) is 2.74. The van der Waals surface area contributed by atoms with E-state index in [0.29, 0.717) is 30.0 Å². The maximum atomic E-state index is 12.7. The van der Waals surface area contributed by atoms with E-state index < -0.39 is 10.0 Å². The highest BCUT2D eigenvalue weighted by Gasteiger charge is 2.37. The smallest absolute Gasteiger partial charge is 0.244 e. The quantitative estimate of drug-likeness (QED) is 0.756. The molecular formula is C14H20N2O6S. The SMILES string of the molecule is COc1c2c(c(S(=O)(=O)NCCO)c3c1OCO3)CCN(C)C2. The minimum absolute atomic E-state index is 0.0487. The van der Waals surface area contributed by atoms with Gasteiger partial charge in [-0.25, -0.2) is 13.1 Å². The number of aliphatic hydroxyl groups excluding tert-OH is 1. The maximum Gasteiger partial charge on any atom is 0.244 e. The number of methoxy groups -OCH3 is 1. The Morgan fingerprint density at radius 2 is 2.04 bits per heavy atom. The minimum Gasteiger partial charge on any atom is -0.492 e. The summed E-state index contributed by atoms with van der Waals surface area (Å²) in [6.45, 7) is 0.918. The van der Waals surface area contributed by atoms with Crippen LogP contribution in [-0.2, 0) is 23.0 Å². The van der Waals surface area contributed by atoms with Gasteiger partial charge in [-0.15, -0.1) is 0 Å². The van der Waals surface area contributed by atoms with Crippen LogP contribution < -0.4 is 18.9 Å². The zero-order valence-corrected chi connectivity index (χ0v) is 13.9. The lowest BCUT2D eigenvalue weighted by Crippen LogP contribution is -2.32. The largest absolute Gasteiger partial charge is 0.492 e. The first-order chi connectivity index (χ1) is 11.0. The van der Waals surface area contributed by atoms with E-state index in [0.717, 1.165) is 12.1 Å². The van der Waals surface area contributed by atoms with Crippen molar-refractivity contribution in [3.8, 4) is 17.2 Å². The molecule has 0 unspecified atom stereocenters. The number of hydrogen-bond donors (Lipinski definition) is 2. The lowest BCUT2D eigenvalue weighted by atomic mass is 9.97. The Morgan fingerprint density at radius 3 is 2.74 bits per heavy atom. The Morgan fingerprint density at radius 1 is 1.30 bits per heavy atom. The molecule has 0 saturated heterocycles. The highest BCUT2D eigenvalue weighted by molar-refractivity contribution is 7.89. The predicted octanol–water partition coefficient (Wildman–Crippen LogP) is -0.318. The molecule has 2 heterocycles. The summed E-state index contributed by atoms with van der Waals surface area (Å²) in [5.41, 5.74) is 1.49. The van der Waals surface area contributed by atoms with Crippen molar-refractivity contribution in [1.29, 1.82) is 0 Å². The average molecular weight is 344 g/mol. The third-order valence-electron chi connectivity index (χ3n) is 3.99. The van der Waals surface area contributed by atoms with Crippen molar-refractivity contribution in [3.63, 3.8) is 0 Å². The molecule has 0 radical (unpaired) electrons.